The van der Waals surface area contributed by atoms with Gasteiger partial charge in [-0.15, -0.1) is 5.10 Å². The minimum atomic E-state index is -4.61. The minimum absolute atomic E-state index is 0.154. The number of benzene rings is 1. The number of methoxy groups -OCH3 is 1. The van der Waals surface area contributed by atoms with Crippen molar-refractivity contribution in [3.8, 4) is 0 Å². The number of carbonyl (C=O) groups excluding carboxylic acids is 2. The van der Waals surface area contributed by atoms with Crippen molar-refractivity contribution in [1.82, 2.24) is 15.1 Å². The Morgan fingerprint density at radius 2 is 1.76 bits per heavy atom. The molecule has 0 bridgehead atoms. The summed E-state index contributed by atoms with van der Waals surface area (Å²) < 4.78 is 50.0. The van der Waals surface area contributed by atoms with Crippen molar-refractivity contribution in [3.05, 3.63) is 53.2 Å². The minimum Gasteiger partial charge on any atom is -0.382 e. The first-order valence-corrected chi connectivity index (χ1v) is 10.2. The number of piperazine rings is 1. The van der Waals surface area contributed by atoms with Gasteiger partial charge >= 0.3 is 6.18 Å². The highest BCUT2D eigenvalue weighted by Crippen LogP contribution is 2.32. The van der Waals surface area contributed by atoms with E-state index >= 15 is 0 Å². The zero-order chi connectivity index (χ0) is 24.0. The highest BCUT2D eigenvalue weighted by atomic mass is 19.4. The molecule has 2 N–H and O–H groups in total. The third-order valence-corrected chi connectivity index (χ3v) is 5.12. The van der Waals surface area contributed by atoms with Crippen LogP contribution in [-0.4, -0.2) is 73.4 Å². The highest BCUT2D eigenvalue weighted by Gasteiger charge is 2.36. The molecule has 0 saturated carbocycles. The molecule has 0 aliphatic carbocycles. The second kappa shape index (κ2) is 10.6. The number of primary amides is 1. The van der Waals surface area contributed by atoms with Gasteiger partial charge in [0.1, 0.15) is 5.69 Å². The Morgan fingerprint density at radius 1 is 1.06 bits per heavy atom. The second-order valence-corrected chi connectivity index (χ2v) is 7.28. The molecule has 1 aromatic carbocycles. The van der Waals surface area contributed by atoms with E-state index in [0.29, 0.717) is 18.9 Å². The van der Waals surface area contributed by atoms with Crippen molar-refractivity contribution in [3.63, 3.8) is 0 Å². The molecule has 1 aliphatic heterocycles. The Bertz CT molecular complexity index is 963. The van der Waals surface area contributed by atoms with Gasteiger partial charge in [0, 0.05) is 33.3 Å². The van der Waals surface area contributed by atoms with Gasteiger partial charge < -0.3 is 25.0 Å². The highest BCUT2D eigenvalue weighted by molar-refractivity contribution is 5.96. The molecule has 0 spiro atoms. The third kappa shape index (κ3) is 5.96. The van der Waals surface area contributed by atoms with Gasteiger partial charge in [0.15, 0.2) is 11.9 Å². The fourth-order valence-electron chi connectivity index (χ4n) is 3.43. The molecule has 1 atom stereocenters. The number of alkyl halides is 3. The molecule has 1 aromatic heterocycles. The number of aromatic nitrogens is 2. The second-order valence-electron chi connectivity index (χ2n) is 7.28. The lowest BCUT2D eigenvalue weighted by atomic mass is 10.1. The molecule has 0 radical (unpaired) electrons. The summed E-state index contributed by atoms with van der Waals surface area (Å²) in [6.45, 7) is 1.60. The number of carbonyl (C=O) groups is 2. The number of nitrogens with two attached hydrogens (primary N) is 1. The molecule has 1 aliphatic rings. The predicted octanol–water partition coefficient (Wildman–Crippen LogP) is 1.65. The first-order chi connectivity index (χ1) is 15.7. The van der Waals surface area contributed by atoms with E-state index in [0.717, 1.165) is 6.07 Å². The SMILES string of the molecule is COCCOC(C(N)=O)c1ccc(N2CCN(C(=O)c3ccccc3C(F)(F)F)CC2)nn1. The number of nitrogens with zero attached hydrogens (tertiary/aromatic N) is 4. The van der Waals surface area contributed by atoms with E-state index in [1.54, 1.807) is 12.1 Å². The van der Waals surface area contributed by atoms with E-state index in [9.17, 15) is 22.8 Å². The monoisotopic (exact) mass is 467 g/mol. The lowest BCUT2D eigenvalue weighted by Crippen LogP contribution is -2.49. The van der Waals surface area contributed by atoms with Crippen LogP contribution >= 0.6 is 0 Å². The average Bonchev–Trinajstić information content (AvgIpc) is 2.81. The van der Waals surface area contributed by atoms with Crippen molar-refractivity contribution in [2.24, 2.45) is 5.73 Å². The zero-order valence-corrected chi connectivity index (χ0v) is 17.9. The molecule has 12 heteroatoms. The van der Waals surface area contributed by atoms with Crippen LogP contribution in [0.1, 0.15) is 27.7 Å². The molecular formula is C21H24F3N5O4. The van der Waals surface area contributed by atoms with Crippen molar-refractivity contribution in [1.29, 1.82) is 0 Å². The van der Waals surface area contributed by atoms with E-state index in [2.05, 4.69) is 10.2 Å². The van der Waals surface area contributed by atoms with Crippen LogP contribution in [0.25, 0.3) is 0 Å². The maximum atomic E-state index is 13.2. The Kier molecular flexibility index (Phi) is 7.82. The average molecular weight is 467 g/mol. The fraction of sp³-hybridized carbons (Fsp3) is 0.429. The van der Waals surface area contributed by atoms with Gasteiger partial charge in [0.2, 0.25) is 0 Å². The standard InChI is InChI=1S/C21H24F3N5O4/c1-32-12-13-33-18(19(25)30)16-6-7-17(27-26-16)28-8-10-29(11-9-28)20(31)14-4-2-3-5-15(14)21(22,23)24/h2-7,18H,8-13H2,1H3,(H2,25,30). The van der Waals surface area contributed by atoms with E-state index < -0.39 is 29.7 Å². The van der Waals surface area contributed by atoms with Crippen molar-refractivity contribution in [2.75, 3.05) is 51.4 Å². The Morgan fingerprint density at radius 3 is 2.33 bits per heavy atom. The number of halogens is 3. The first kappa shape index (κ1) is 24.4. The van der Waals surface area contributed by atoms with Crippen LogP contribution in [0.2, 0.25) is 0 Å². The van der Waals surface area contributed by atoms with Gasteiger partial charge in [-0.05, 0) is 24.3 Å². The molecule has 9 nitrogen and oxygen atoms in total. The molecular weight excluding hydrogens is 443 g/mol. The summed E-state index contributed by atoms with van der Waals surface area (Å²) in [5.41, 5.74) is 4.30. The summed E-state index contributed by atoms with van der Waals surface area (Å²) in [6, 6.07) is 7.97. The summed E-state index contributed by atoms with van der Waals surface area (Å²) >= 11 is 0. The van der Waals surface area contributed by atoms with Crippen LogP contribution in [0.4, 0.5) is 19.0 Å². The van der Waals surface area contributed by atoms with Crippen LogP contribution in [0.3, 0.4) is 0 Å². The van der Waals surface area contributed by atoms with Gasteiger partial charge in [-0.25, -0.2) is 0 Å². The maximum absolute atomic E-state index is 13.2. The molecule has 1 unspecified atom stereocenters. The van der Waals surface area contributed by atoms with Crippen molar-refractivity contribution < 1.29 is 32.2 Å². The topological polar surface area (TPSA) is 111 Å². The van der Waals surface area contributed by atoms with E-state index in [-0.39, 0.29) is 37.6 Å². The predicted molar refractivity (Wildman–Crippen MR) is 111 cm³/mol. The number of anilines is 1. The third-order valence-electron chi connectivity index (χ3n) is 5.12. The van der Waals surface area contributed by atoms with Crippen LogP contribution in [0.15, 0.2) is 36.4 Å². The van der Waals surface area contributed by atoms with Gasteiger partial charge in [-0.2, -0.15) is 18.3 Å². The Labute approximate surface area is 188 Å². The van der Waals surface area contributed by atoms with Crippen molar-refractivity contribution in [2.45, 2.75) is 12.3 Å². The zero-order valence-electron chi connectivity index (χ0n) is 17.9. The molecule has 2 aromatic rings. The quantitative estimate of drug-likeness (QED) is 0.588. The molecule has 1 fully saturated rings. The number of ether oxygens (including phenoxy) is 2. The van der Waals surface area contributed by atoms with Crippen LogP contribution in [-0.2, 0) is 20.4 Å². The molecule has 33 heavy (non-hydrogen) atoms. The van der Waals surface area contributed by atoms with Gasteiger partial charge in [0.25, 0.3) is 11.8 Å². The van der Waals surface area contributed by atoms with Gasteiger partial charge in [0.05, 0.1) is 24.3 Å². The lowest BCUT2D eigenvalue weighted by molar-refractivity contribution is -0.138. The lowest BCUT2D eigenvalue weighted by Gasteiger charge is -2.35. The van der Waals surface area contributed by atoms with Crippen LogP contribution in [0, 0.1) is 0 Å². The van der Waals surface area contributed by atoms with E-state index in [1.165, 1.54) is 30.2 Å². The molecule has 3 rings (SSSR count). The number of amides is 2. The normalized spacial score (nSPS) is 15.4. The summed E-state index contributed by atoms with van der Waals surface area (Å²) in [7, 11) is 1.50. The van der Waals surface area contributed by atoms with Crippen LogP contribution < -0.4 is 10.6 Å². The smallest absolute Gasteiger partial charge is 0.382 e. The summed E-state index contributed by atoms with van der Waals surface area (Å²) in [4.78, 5) is 27.6. The maximum Gasteiger partial charge on any atom is 0.417 e. The number of hydrogen-bond donors (Lipinski definition) is 1. The van der Waals surface area contributed by atoms with E-state index in [4.69, 9.17) is 15.2 Å². The summed E-state index contributed by atoms with van der Waals surface area (Å²) in [6.07, 6.45) is -5.67. The Balaban J connectivity index is 1.63. The largest absolute Gasteiger partial charge is 0.417 e. The number of rotatable bonds is 8. The van der Waals surface area contributed by atoms with E-state index in [1.807, 2.05) is 4.90 Å². The van der Waals surface area contributed by atoms with Gasteiger partial charge in [-0.3, -0.25) is 9.59 Å². The molecule has 1 saturated heterocycles. The van der Waals surface area contributed by atoms with Gasteiger partial charge in [-0.1, -0.05) is 12.1 Å². The number of hydrogen-bond acceptors (Lipinski definition) is 7. The van der Waals surface area contributed by atoms with Crippen LogP contribution in [0.5, 0.6) is 0 Å². The molecule has 178 valence electrons. The molecule has 2 heterocycles. The fourth-order valence-corrected chi connectivity index (χ4v) is 3.43. The summed E-state index contributed by atoms with van der Waals surface area (Å²) in [5, 5.41) is 8.14. The first-order valence-electron chi connectivity index (χ1n) is 10.2. The summed E-state index contributed by atoms with van der Waals surface area (Å²) in [5.74, 6) is -0.873. The van der Waals surface area contributed by atoms with Crippen molar-refractivity contribution >= 4 is 17.6 Å². The Hall–Kier alpha value is -3.25. The molecule has 2 amide bonds.